The summed E-state index contributed by atoms with van der Waals surface area (Å²) < 4.78 is 9.38. The Bertz CT molecular complexity index is 558. The van der Waals surface area contributed by atoms with Crippen molar-refractivity contribution >= 4 is 17.8 Å². The molecular weight excluding hydrogens is 248 g/mol. The van der Waals surface area contributed by atoms with Crippen LogP contribution in [0.5, 0.6) is 0 Å². The van der Waals surface area contributed by atoms with Crippen molar-refractivity contribution in [2.24, 2.45) is 0 Å². The summed E-state index contributed by atoms with van der Waals surface area (Å²) in [6.45, 7) is 0. The van der Waals surface area contributed by atoms with Crippen LogP contribution >= 0.6 is 0 Å². The van der Waals surface area contributed by atoms with E-state index in [1.54, 1.807) is 12.1 Å². The van der Waals surface area contributed by atoms with Crippen LogP contribution in [0, 0.1) is 0 Å². The predicted molar refractivity (Wildman–Crippen MR) is 66.6 cm³/mol. The van der Waals surface area contributed by atoms with Crippen molar-refractivity contribution in [2.45, 2.75) is 5.79 Å². The lowest BCUT2D eigenvalue weighted by Crippen LogP contribution is -2.40. The van der Waals surface area contributed by atoms with Gasteiger partial charge in [-0.05, 0) is 11.6 Å². The molecule has 1 aromatic rings. The van der Waals surface area contributed by atoms with Crippen LogP contribution in [0.2, 0.25) is 0 Å². The normalized spacial score (nSPS) is 22.2. The van der Waals surface area contributed by atoms with Crippen LogP contribution in [0.4, 0.5) is 0 Å². The second-order valence-electron chi connectivity index (χ2n) is 3.89. The third kappa shape index (κ3) is 2.56. The lowest BCUT2D eigenvalue weighted by Gasteiger charge is -2.20. The molecule has 0 aromatic heterocycles. The van der Waals surface area contributed by atoms with E-state index in [9.17, 15) is 14.7 Å². The number of cyclic esters (lactones) is 1. The number of aliphatic hydroxyl groups is 1. The molecule has 1 aromatic carbocycles. The molecule has 0 amide bonds. The highest BCUT2D eigenvalue weighted by Gasteiger charge is 2.48. The summed E-state index contributed by atoms with van der Waals surface area (Å²) in [5, 5.41) is 10.0. The van der Waals surface area contributed by atoms with E-state index in [1.165, 1.54) is 13.2 Å². The maximum absolute atomic E-state index is 11.9. The molecule has 0 radical (unpaired) electrons. The van der Waals surface area contributed by atoms with Crippen molar-refractivity contribution in [2.75, 3.05) is 7.11 Å². The van der Waals surface area contributed by atoms with Crippen LogP contribution in [-0.4, -0.2) is 29.8 Å². The highest BCUT2D eigenvalue weighted by molar-refractivity contribution is 6.05. The minimum absolute atomic E-state index is 0.222. The number of ether oxygens (including phenoxy) is 2. The van der Waals surface area contributed by atoms with Gasteiger partial charge in [0.1, 0.15) is 0 Å². The Balaban J connectivity index is 2.19. The fourth-order valence-corrected chi connectivity index (χ4v) is 1.65. The summed E-state index contributed by atoms with van der Waals surface area (Å²) in [5.41, 5.74) is 0.784. The SMILES string of the molecule is COC1=CC(=O)OC1(O)C(=O)/C=C/c1ccccc1. The first-order chi connectivity index (χ1) is 9.06. The highest BCUT2D eigenvalue weighted by atomic mass is 16.7. The van der Waals surface area contributed by atoms with E-state index in [4.69, 9.17) is 4.74 Å². The topological polar surface area (TPSA) is 72.8 Å². The van der Waals surface area contributed by atoms with E-state index in [0.717, 1.165) is 17.7 Å². The van der Waals surface area contributed by atoms with Crippen molar-refractivity contribution in [3.63, 3.8) is 0 Å². The summed E-state index contributed by atoms with van der Waals surface area (Å²) in [6, 6.07) is 9.06. The molecule has 2 rings (SSSR count). The van der Waals surface area contributed by atoms with Gasteiger partial charge in [0.05, 0.1) is 13.2 Å². The van der Waals surface area contributed by atoms with E-state index < -0.39 is 17.5 Å². The van der Waals surface area contributed by atoms with Gasteiger partial charge in [0.15, 0.2) is 5.76 Å². The number of esters is 1. The molecule has 1 N–H and O–H groups in total. The Labute approximate surface area is 109 Å². The van der Waals surface area contributed by atoms with Crippen molar-refractivity contribution in [1.29, 1.82) is 0 Å². The van der Waals surface area contributed by atoms with Gasteiger partial charge in [-0.15, -0.1) is 0 Å². The summed E-state index contributed by atoms with van der Waals surface area (Å²) >= 11 is 0. The Morgan fingerprint density at radius 3 is 2.68 bits per heavy atom. The van der Waals surface area contributed by atoms with Gasteiger partial charge in [0, 0.05) is 0 Å². The molecule has 0 spiro atoms. The first-order valence-corrected chi connectivity index (χ1v) is 5.55. The molecule has 1 unspecified atom stereocenters. The quantitative estimate of drug-likeness (QED) is 0.647. The van der Waals surface area contributed by atoms with E-state index in [2.05, 4.69) is 4.74 Å². The molecular formula is C14H12O5. The first kappa shape index (κ1) is 13.0. The molecule has 0 saturated carbocycles. The second kappa shape index (κ2) is 5.07. The Morgan fingerprint density at radius 1 is 1.37 bits per heavy atom. The Kier molecular flexibility index (Phi) is 3.48. The molecule has 19 heavy (non-hydrogen) atoms. The van der Waals surface area contributed by atoms with Gasteiger partial charge >= 0.3 is 11.8 Å². The number of rotatable bonds is 4. The Morgan fingerprint density at radius 2 is 2.05 bits per heavy atom. The maximum Gasteiger partial charge on any atom is 0.337 e. The molecule has 0 fully saturated rings. The molecule has 5 heteroatoms. The second-order valence-corrected chi connectivity index (χ2v) is 3.89. The monoisotopic (exact) mass is 260 g/mol. The smallest absolute Gasteiger partial charge is 0.337 e. The zero-order valence-corrected chi connectivity index (χ0v) is 10.2. The molecule has 98 valence electrons. The number of carbonyl (C=O) groups is 2. The lowest BCUT2D eigenvalue weighted by atomic mass is 10.1. The van der Waals surface area contributed by atoms with Crippen LogP contribution in [0.1, 0.15) is 5.56 Å². The minimum atomic E-state index is -2.36. The van der Waals surface area contributed by atoms with E-state index in [0.29, 0.717) is 0 Å². The zero-order chi connectivity index (χ0) is 13.9. The van der Waals surface area contributed by atoms with Crippen molar-refractivity contribution in [3.05, 3.63) is 53.8 Å². The van der Waals surface area contributed by atoms with Crippen LogP contribution in [-0.2, 0) is 19.1 Å². The van der Waals surface area contributed by atoms with Gasteiger partial charge < -0.3 is 14.6 Å². The summed E-state index contributed by atoms with van der Waals surface area (Å²) in [6.07, 6.45) is 3.59. The molecule has 1 aliphatic heterocycles. The zero-order valence-electron chi connectivity index (χ0n) is 10.2. The van der Waals surface area contributed by atoms with Gasteiger partial charge in [-0.2, -0.15) is 0 Å². The fourth-order valence-electron chi connectivity index (χ4n) is 1.65. The molecule has 0 aliphatic carbocycles. The van der Waals surface area contributed by atoms with E-state index in [-0.39, 0.29) is 5.76 Å². The standard InChI is InChI=1S/C14H12O5/c1-18-12-9-13(16)19-14(12,17)11(15)8-7-10-5-3-2-4-6-10/h2-9,17H,1H3/b8-7+. The molecule has 1 aliphatic rings. The third-order valence-corrected chi connectivity index (χ3v) is 2.61. The largest absolute Gasteiger partial charge is 0.494 e. The summed E-state index contributed by atoms with van der Waals surface area (Å²) in [4.78, 5) is 23.0. The Hall–Kier alpha value is -2.40. The van der Waals surface area contributed by atoms with Gasteiger partial charge in [-0.1, -0.05) is 36.4 Å². The lowest BCUT2D eigenvalue weighted by molar-refractivity contribution is -0.192. The number of carbonyl (C=O) groups excluding carboxylic acids is 2. The van der Waals surface area contributed by atoms with Gasteiger partial charge in [-0.3, -0.25) is 4.79 Å². The molecule has 5 nitrogen and oxygen atoms in total. The number of methoxy groups -OCH3 is 1. The summed E-state index contributed by atoms with van der Waals surface area (Å²) in [7, 11) is 1.24. The van der Waals surface area contributed by atoms with Crippen LogP contribution in [0.3, 0.4) is 0 Å². The minimum Gasteiger partial charge on any atom is -0.494 e. The molecule has 0 saturated heterocycles. The third-order valence-electron chi connectivity index (χ3n) is 2.61. The van der Waals surface area contributed by atoms with E-state index in [1.807, 2.05) is 18.2 Å². The fraction of sp³-hybridized carbons (Fsp3) is 0.143. The average Bonchev–Trinajstić information content (AvgIpc) is 2.73. The number of hydrogen-bond donors (Lipinski definition) is 1. The molecule has 1 atom stereocenters. The predicted octanol–water partition coefficient (Wildman–Crippen LogP) is 1.04. The van der Waals surface area contributed by atoms with Crippen LogP contribution in [0.25, 0.3) is 6.08 Å². The molecule has 1 heterocycles. The highest BCUT2D eigenvalue weighted by Crippen LogP contribution is 2.27. The van der Waals surface area contributed by atoms with Gasteiger partial charge in [0.25, 0.3) is 0 Å². The van der Waals surface area contributed by atoms with Crippen molar-refractivity contribution < 1.29 is 24.2 Å². The van der Waals surface area contributed by atoms with Gasteiger partial charge in [-0.25, -0.2) is 4.79 Å². The van der Waals surface area contributed by atoms with Crippen LogP contribution < -0.4 is 0 Å². The number of benzene rings is 1. The first-order valence-electron chi connectivity index (χ1n) is 5.55. The average molecular weight is 260 g/mol. The summed E-state index contributed by atoms with van der Waals surface area (Å²) in [5.74, 6) is -4.19. The maximum atomic E-state index is 11.9. The number of ketones is 1. The molecule has 0 bridgehead atoms. The van der Waals surface area contributed by atoms with Crippen LogP contribution in [0.15, 0.2) is 48.2 Å². The van der Waals surface area contributed by atoms with Crippen molar-refractivity contribution in [1.82, 2.24) is 0 Å². The van der Waals surface area contributed by atoms with Gasteiger partial charge in [0.2, 0.25) is 5.78 Å². The van der Waals surface area contributed by atoms with E-state index >= 15 is 0 Å². The number of hydrogen-bond acceptors (Lipinski definition) is 5. The van der Waals surface area contributed by atoms with Crippen molar-refractivity contribution in [3.8, 4) is 0 Å².